The van der Waals surface area contributed by atoms with Crippen LogP contribution in [0.3, 0.4) is 0 Å². The van der Waals surface area contributed by atoms with Gasteiger partial charge in [-0.25, -0.2) is 0 Å². The van der Waals surface area contributed by atoms with E-state index in [-0.39, 0.29) is 5.54 Å². The predicted molar refractivity (Wildman–Crippen MR) is 89.2 cm³/mol. The minimum absolute atomic E-state index is 0.281. The first-order valence-electron chi connectivity index (χ1n) is 9.69. The molecule has 0 heterocycles. The molecule has 6 unspecified atom stereocenters. The summed E-state index contributed by atoms with van der Waals surface area (Å²) in [6, 6.07) is 0. The Kier molecular flexibility index (Phi) is 3.45. The van der Waals surface area contributed by atoms with E-state index in [4.69, 9.17) is 0 Å². The number of fused-ring (bicyclic) bond motifs is 4. The van der Waals surface area contributed by atoms with Gasteiger partial charge in [0.2, 0.25) is 0 Å². The Morgan fingerprint density at radius 1 is 0.952 bits per heavy atom. The highest BCUT2D eigenvalue weighted by Crippen LogP contribution is 2.61. The molecule has 0 aromatic carbocycles. The topological polar surface area (TPSA) is 12.0 Å². The van der Waals surface area contributed by atoms with Crippen molar-refractivity contribution < 1.29 is 0 Å². The van der Waals surface area contributed by atoms with E-state index in [0.29, 0.717) is 5.41 Å². The van der Waals surface area contributed by atoms with Gasteiger partial charge in [0.15, 0.2) is 0 Å². The molecule has 6 atom stereocenters. The molecule has 0 spiro atoms. The molecule has 0 saturated heterocycles. The molecular formula is C20H35N. The molecule has 0 aliphatic heterocycles. The van der Waals surface area contributed by atoms with Gasteiger partial charge in [0.05, 0.1) is 0 Å². The lowest BCUT2D eigenvalue weighted by atomic mass is 9.65. The van der Waals surface area contributed by atoms with E-state index >= 15 is 0 Å². The molecule has 1 nitrogen and oxygen atoms in total. The van der Waals surface area contributed by atoms with Crippen LogP contribution >= 0.6 is 0 Å². The van der Waals surface area contributed by atoms with Gasteiger partial charge in [0.25, 0.3) is 0 Å². The summed E-state index contributed by atoms with van der Waals surface area (Å²) in [6.07, 6.45) is 14.0. The van der Waals surface area contributed by atoms with Crippen LogP contribution in [0.2, 0.25) is 0 Å². The first-order chi connectivity index (χ1) is 9.94. The normalized spacial score (nSPS) is 48.4. The van der Waals surface area contributed by atoms with Crippen molar-refractivity contribution >= 4 is 0 Å². The van der Waals surface area contributed by atoms with Crippen LogP contribution in [0.5, 0.6) is 0 Å². The SMILES string of the molecule is CC(C)(C)NCC1(CC2CC3CCC2C3)CC2CCC1C2. The van der Waals surface area contributed by atoms with E-state index in [1.807, 2.05) is 0 Å². The highest BCUT2D eigenvalue weighted by molar-refractivity contribution is 5.05. The number of hydrogen-bond donors (Lipinski definition) is 1. The second-order valence-electron chi connectivity index (χ2n) is 10.2. The van der Waals surface area contributed by atoms with Crippen LogP contribution in [0, 0.1) is 35.0 Å². The standard InChI is InChI=1S/C20H35N/c1-19(2,3)21-13-20(11-15-5-7-18(20)10-15)12-17-9-14-4-6-16(17)8-14/h14-18,21H,4-13H2,1-3H3. The van der Waals surface area contributed by atoms with Gasteiger partial charge in [-0.15, -0.1) is 0 Å². The van der Waals surface area contributed by atoms with Crippen LogP contribution in [0.1, 0.15) is 78.6 Å². The summed E-state index contributed by atoms with van der Waals surface area (Å²) in [7, 11) is 0. The van der Waals surface area contributed by atoms with Crippen molar-refractivity contribution in [1.29, 1.82) is 0 Å². The third kappa shape index (κ3) is 2.69. The Hall–Kier alpha value is -0.0400. The largest absolute Gasteiger partial charge is 0.312 e. The molecule has 4 aliphatic rings. The number of nitrogens with one attached hydrogen (secondary N) is 1. The first-order valence-corrected chi connectivity index (χ1v) is 9.69. The molecule has 120 valence electrons. The van der Waals surface area contributed by atoms with Gasteiger partial charge in [0, 0.05) is 12.1 Å². The van der Waals surface area contributed by atoms with E-state index in [1.165, 1.54) is 13.0 Å². The summed E-state index contributed by atoms with van der Waals surface area (Å²) in [5, 5.41) is 3.91. The van der Waals surface area contributed by atoms with Crippen molar-refractivity contribution in [3.05, 3.63) is 0 Å². The molecule has 4 aliphatic carbocycles. The average molecular weight is 290 g/mol. The minimum Gasteiger partial charge on any atom is -0.312 e. The molecule has 4 rings (SSSR count). The number of rotatable bonds is 4. The molecule has 4 bridgehead atoms. The third-order valence-corrected chi connectivity index (χ3v) is 7.63. The Morgan fingerprint density at radius 2 is 1.76 bits per heavy atom. The van der Waals surface area contributed by atoms with Crippen LogP contribution < -0.4 is 5.32 Å². The van der Waals surface area contributed by atoms with Crippen LogP contribution in [0.15, 0.2) is 0 Å². The Labute approximate surface area is 131 Å². The predicted octanol–water partition coefficient (Wildman–Crippen LogP) is 5.01. The van der Waals surface area contributed by atoms with Crippen LogP contribution in [0.4, 0.5) is 0 Å². The Bertz CT molecular complexity index is 395. The molecular weight excluding hydrogens is 254 g/mol. The summed E-state index contributed by atoms with van der Waals surface area (Å²) in [5.41, 5.74) is 0.953. The Morgan fingerprint density at radius 3 is 2.29 bits per heavy atom. The third-order valence-electron chi connectivity index (χ3n) is 7.63. The van der Waals surface area contributed by atoms with Gasteiger partial charge in [-0.2, -0.15) is 0 Å². The maximum atomic E-state index is 3.91. The highest BCUT2D eigenvalue weighted by Gasteiger charge is 2.53. The van der Waals surface area contributed by atoms with Crippen molar-refractivity contribution in [2.45, 2.75) is 84.1 Å². The van der Waals surface area contributed by atoms with Crippen LogP contribution in [0.25, 0.3) is 0 Å². The van der Waals surface area contributed by atoms with Crippen molar-refractivity contribution in [3.8, 4) is 0 Å². The molecule has 4 fully saturated rings. The monoisotopic (exact) mass is 289 g/mol. The van der Waals surface area contributed by atoms with Gasteiger partial charge in [-0.05, 0) is 101 Å². The Balaban J connectivity index is 1.48. The van der Waals surface area contributed by atoms with Gasteiger partial charge in [-0.1, -0.05) is 12.8 Å². The summed E-state index contributed by atoms with van der Waals surface area (Å²) >= 11 is 0. The van der Waals surface area contributed by atoms with Gasteiger partial charge in [0.1, 0.15) is 0 Å². The van der Waals surface area contributed by atoms with Crippen LogP contribution in [-0.4, -0.2) is 12.1 Å². The number of hydrogen-bond acceptors (Lipinski definition) is 1. The summed E-state index contributed by atoms with van der Waals surface area (Å²) in [6.45, 7) is 8.31. The van der Waals surface area contributed by atoms with Crippen molar-refractivity contribution in [1.82, 2.24) is 5.32 Å². The maximum Gasteiger partial charge on any atom is 0.00967 e. The van der Waals surface area contributed by atoms with Gasteiger partial charge in [-0.3, -0.25) is 0 Å². The van der Waals surface area contributed by atoms with Gasteiger partial charge < -0.3 is 5.32 Å². The van der Waals surface area contributed by atoms with Crippen molar-refractivity contribution in [2.24, 2.45) is 35.0 Å². The fourth-order valence-corrected chi connectivity index (χ4v) is 6.69. The zero-order valence-corrected chi connectivity index (χ0v) is 14.5. The van der Waals surface area contributed by atoms with E-state index in [0.717, 1.165) is 29.6 Å². The summed E-state index contributed by atoms with van der Waals surface area (Å²) in [5.74, 6) is 5.45. The van der Waals surface area contributed by atoms with Gasteiger partial charge >= 0.3 is 0 Å². The minimum atomic E-state index is 0.281. The molecule has 1 N–H and O–H groups in total. The zero-order valence-electron chi connectivity index (χ0n) is 14.5. The lowest BCUT2D eigenvalue weighted by Crippen LogP contribution is -2.47. The highest BCUT2D eigenvalue weighted by atomic mass is 15.0. The van der Waals surface area contributed by atoms with E-state index in [1.54, 1.807) is 51.4 Å². The maximum absolute atomic E-state index is 3.91. The van der Waals surface area contributed by atoms with E-state index < -0.39 is 0 Å². The zero-order chi connectivity index (χ0) is 14.7. The molecule has 0 amide bonds. The molecule has 0 radical (unpaired) electrons. The van der Waals surface area contributed by atoms with Crippen molar-refractivity contribution in [2.75, 3.05) is 6.54 Å². The first kappa shape index (κ1) is 14.5. The summed E-state index contributed by atoms with van der Waals surface area (Å²) in [4.78, 5) is 0. The average Bonchev–Trinajstić information content (AvgIpc) is 3.15. The fraction of sp³-hybridized carbons (Fsp3) is 1.00. The van der Waals surface area contributed by atoms with Crippen molar-refractivity contribution in [3.63, 3.8) is 0 Å². The molecule has 4 saturated carbocycles. The lowest BCUT2D eigenvalue weighted by Gasteiger charge is -2.43. The molecule has 21 heavy (non-hydrogen) atoms. The van der Waals surface area contributed by atoms with Crippen LogP contribution in [-0.2, 0) is 0 Å². The fourth-order valence-electron chi connectivity index (χ4n) is 6.69. The summed E-state index contributed by atoms with van der Waals surface area (Å²) < 4.78 is 0. The van der Waals surface area contributed by atoms with E-state index in [9.17, 15) is 0 Å². The molecule has 0 aromatic heterocycles. The smallest absolute Gasteiger partial charge is 0.00967 e. The second kappa shape index (κ2) is 4.98. The molecule has 1 heteroatoms. The molecule has 0 aromatic rings. The second-order valence-corrected chi connectivity index (χ2v) is 10.2. The quantitative estimate of drug-likeness (QED) is 0.767. The lowest BCUT2D eigenvalue weighted by molar-refractivity contribution is 0.0888. The van der Waals surface area contributed by atoms with E-state index in [2.05, 4.69) is 26.1 Å².